The van der Waals surface area contributed by atoms with Gasteiger partial charge in [-0.3, -0.25) is 14.3 Å². The van der Waals surface area contributed by atoms with Crippen LogP contribution in [0, 0.1) is 0 Å². The van der Waals surface area contributed by atoms with E-state index in [1.165, 1.54) is 48.6 Å². The lowest BCUT2D eigenvalue weighted by atomic mass is 10.1. The van der Waals surface area contributed by atoms with Gasteiger partial charge in [-0.2, -0.15) is 0 Å². The van der Waals surface area contributed by atoms with Gasteiger partial charge in [0.05, 0.1) is 41.5 Å². The van der Waals surface area contributed by atoms with E-state index in [1.807, 2.05) is 0 Å². The molecule has 1 aromatic heterocycles. The highest BCUT2D eigenvalue weighted by molar-refractivity contribution is 7.92. The normalized spacial score (nSPS) is 14.3. The Morgan fingerprint density at radius 3 is 2.00 bits per heavy atom. The van der Waals surface area contributed by atoms with E-state index < -0.39 is 21.1 Å². The van der Waals surface area contributed by atoms with E-state index >= 15 is 0 Å². The van der Waals surface area contributed by atoms with Crippen molar-refractivity contribution in [3.05, 3.63) is 51.0 Å². The summed E-state index contributed by atoms with van der Waals surface area (Å²) in [5, 5.41) is 0. The molecule has 0 bridgehead atoms. The highest BCUT2D eigenvalue weighted by Crippen LogP contribution is 2.35. The molecule has 0 saturated carbocycles. The Hall–Kier alpha value is -3.47. The smallest absolute Gasteiger partial charge is 0.316 e. The topological polar surface area (TPSA) is 112 Å². The number of aryl methyl sites for hydroxylation is 2. The number of piperidine rings is 1. The molecule has 1 saturated heterocycles. The molecule has 1 N–H and O–H groups in total. The van der Waals surface area contributed by atoms with Gasteiger partial charge < -0.3 is 23.5 Å². The van der Waals surface area contributed by atoms with E-state index in [9.17, 15) is 18.0 Å². The molecule has 34 heavy (non-hydrogen) atoms. The first-order valence-corrected chi connectivity index (χ1v) is 12.4. The summed E-state index contributed by atoms with van der Waals surface area (Å²) in [7, 11) is 1.94. The second-order valence-electron chi connectivity index (χ2n) is 8.26. The van der Waals surface area contributed by atoms with Crippen LogP contribution in [0.15, 0.2) is 44.8 Å². The molecule has 1 fully saturated rings. The maximum Gasteiger partial charge on any atom is 0.316 e. The van der Waals surface area contributed by atoms with Gasteiger partial charge in [0.1, 0.15) is 0 Å². The molecule has 0 atom stereocenters. The summed E-state index contributed by atoms with van der Waals surface area (Å²) in [5.41, 5.74) is 0.648. The van der Waals surface area contributed by atoms with Gasteiger partial charge in [-0.05, 0) is 43.5 Å². The summed E-state index contributed by atoms with van der Waals surface area (Å²) in [5.74, 6) is 0.703. The van der Waals surface area contributed by atoms with Crippen LogP contribution in [0.4, 0.5) is 11.4 Å². The highest BCUT2D eigenvalue weighted by Gasteiger charge is 2.23. The number of ether oxygens (including phenoxy) is 2. The zero-order valence-corrected chi connectivity index (χ0v) is 20.4. The number of anilines is 2. The second-order valence-corrected chi connectivity index (χ2v) is 9.94. The molecule has 182 valence electrons. The summed E-state index contributed by atoms with van der Waals surface area (Å²) < 4.78 is 42.4. The molecule has 1 aliphatic heterocycles. The van der Waals surface area contributed by atoms with Gasteiger partial charge in [0.15, 0.2) is 11.5 Å². The first-order chi connectivity index (χ1) is 16.2. The third-order valence-corrected chi connectivity index (χ3v) is 7.58. The Bertz CT molecular complexity index is 1470. The third kappa shape index (κ3) is 4.11. The van der Waals surface area contributed by atoms with Crippen molar-refractivity contribution in [1.82, 2.24) is 9.13 Å². The average molecular weight is 489 g/mol. The van der Waals surface area contributed by atoms with Gasteiger partial charge in [-0.15, -0.1) is 0 Å². The lowest BCUT2D eigenvalue weighted by Gasteiger charge is -2.31. The van der Waals surface area contributed by atoms with Crippen LogP contribution >= 0.6 is 0 Å². The number of nitrogens with one attached hydrogen (secondary N) is 1. The highest BCUT2D eigenvalue weighted by atomic mass is 32.2. The van der Waals surface area contributed by atoms with Crippen LogP contribution in [-0.2, 0) is 24.1 Å². The minimum absolute atomic E-state index is 0.00388. The van der Waals surface area contributed by atoms with Gasteiger partial charge in [0, 0.05) is 33.3 Å². The minimum Gasteiger partial charge on any atom is -0.493 e. The van der Waals surface area contributed by atoms with Crippen molar-refractivity contribution < 1.29 is 17.9 Å². The van der Waals surface area contributed by atoms with Gasteiger partial charge in [-0.1, -0.05) is 0 Å². The van der Waals surface area contributed by atoms with Crippen molar-refractivity contribution in [3.8, 4) is 11.5 Å². The van der Waals surface area contributed by atoms with E-state index in [0.717, 1.165) is 32.4 Å². The van der Waals surface area contributed by atoms with Crippen LogP contribution in [-0.4, -0.2) is 44.9 Å². The Kier molecular flexibility index (Phi) is 6.30. The minimum atomic E-state index is -4.01. The Labute approximate surface area is 197 Å². The van der Waals surface area contributed by atoms with Crippen LogP contribution in [0.5, 0.6) is 11.5 Å². The molecule has 2 aromatic carbocycles. The Morgan fingerprint density at radius 1 is 0.824 bits per heavy atom. The summed E-state index contributed by atoms with van der Waals surface area (Å²) in [6, 6.07) is 7.73. The SMILES string of the molecule is COc1ccc(S(=O)(=O)Nc2cc3c(cc2N2CCCCC2)n(C)c(=O)c(=O)n3C)cc1OC. The average Bonchev–Trinajstić information content (AvgIpc) is 2.85. The van der Waals surface area contributed by atoms with Crippen molar-refractivity contribution >= 4 is 32.4 Å². The van der Waals surface area contributed by atoms with Crippen LogP contribution in [0.1, 0.15) is 19.3 Å². The number of aromatic nitrogens is 2. The Morgan fingerprint density at radius 2 is 1.41 bits per heavy atom. The molecule has 0 spiro atoms. The monoisotopic (exact) mass is 488 g/mol. The number of sulfonamides is 1. The Balaban J connectivity index is 1.89. The summed E-state index contributed by atoms with van der Waals surface area (Å²) in [6.07, 6.45) is 3.06. The van der Waals surface area contributed by atoms with Crippen LogP contribution < -0.4 is 30.2 Å². The van der Waals surface area contributed by atoms with Crippen LogP contribution in [0.3, 0.4) is 0 Å². The number of benzene rings is 2. The predicted molar refractivity (Wildman–Crippen MR) is 131 cm³/mol. The fourth-order valence-corrected chi connectivity index (χ4v) is 5.35. The number of rotatable bonds is 6. The van der Waals surface area contributed by atoms with Crippen LogP contribution in [0.2, 0.25) is 0 Å². The lowest BCUT2D eigenvalue weighted by molar-refractivity contribution is 0.354. The summed E-state index contributed by atoms with van der Waals surface area (Å²) >= 11 is 0. The summed E-state index contributed by atoms with van der Waals surface area (Å²) in [6.45, 7) is 1.52. The van der Waals surface area contributed by atoms with E-state index in [-0.39, 0.29) is 10.6 Å². The number of hydrogen-bond donors (Lipinski definition) is 1. The van der Waals surface area contributed by atoms with Gasteiger partial charge >= 0.3 is 11.1 Å². The first-order valence-electron chi connectivity index (χ1n) is 10.9. The van der Waals surface area contributed by atoms with Crippen molar-refractivity contribution in [1.29, 1.82) is 0 Å². The van der Waals surface area contributed by atoms with Crippen LogP contribution in [0.25, 0.3) is 11.0 Å². The fraction of sp³-hybridized carbons (Fsp3) is 0.391. The van der Waals surface area contributed by atoms with E-state index in [1.54, 1.807) is 19.2 Å². The maximum absolute atomic E-state index is 13.4. The van der Waals surface area contributed by atoms with Crippen molar-refractivity contribution in [2.75, 3.05) is 36.9 Å². The predicted octanol–water partition coefficient (Wildman–Crippen LogP) is 2.05. The van der Waals surface area contributed by atoms with Crippen molar-refractivity contribution in [2.24, 2.45) is 14.1 Å². The van der Waals surface area contributed by atoms with Gasteiger partial charge in [-0.25, -0.2) is 8.42 Å². The molecule has 0 aliphatic carbocycles. The van der Waals surface area contributed by atoms with Gasteiger partial charge in [0.2, 0.25) is 0 Å². The zero-order valence-electron chi connectivity index (χ0n) is 19.6. The molecule has 1 aliphatic rings. The number of methoxy groups -OCH3 is 2. The molecule has 11 heteroatoms. The first kappa shape index (κ1) is 23.7. The fourth-order valence-electron chi connectivity index (χ4n) is 4.27. The lowest BCUT2D eigenvalue weighted by Crippen LogP contribution is -2.39. The van der Waals surface area contributed by atoms with Crippen molar-refractivity contribution in [3.63, 3.8) is 0 Å². The molecule has 0 unspecified atom stereocenters. The molecule has 3 aromatic rings. The zero-order chi connectivity index (χ0) is 24.6. The standard InChI is InChI=1S/C23H28N4O6S/c1-25-18-13-16(24-34(30,31)15-8-9-20(32-3)21(12-15)33-4)17(27-10-6-5-7-11-27)14-19(18)26(2)23(29)22(25)28/h8-9,12-14,24H,5-7,10-11H2,1-4H3. The molecule has 0 amide bonds. The molecule has 0 radical (unpaired) electrons. The van der Waals surface area contributed by atoms with E-state index in [4.69, 9.17) is 9.47 Å². The molecule has 10 nitrogen and oxygen atoms in total. The van der Waals surface area contributed by atoms with E-state index in [2.05, 4.69) is 9.62 Å². The maximum atomic E-state index is 13.4. The molecule has 4 rings (SSSR count). The molecular formula is C23H28N4O6S. The number of hydrogen-bond acceptors (Lipinski definition) is 7. The van der Waals surface area contributed by atoms with E-state index in [0.29, 0.717) is 28.2 Å². The van der Waals surface area contributed by atoms with Crippen molar-refractivity contribution in [2.45, 2.75) is 24.2 Å². The third-order valence-electron chi connectivity index (χ3n) is 6.21. The summed E-state index contributed by atoms with van der Waals surface area (Å²) in [4.78, 5) is 26.9. The number of nitrogens with zero attached hydrogens (tertiary/aromatic N) is 3. The molecular weight excluding hydrogens is 460 g/mol. The van der Waals surface area contributed by atoms with Gasteiger partial charge in [0.25, 0.3) is 10.0 Å². The largest absolute Gasteiger partial charge is 0.493 e. The number of fused-ring (bicyclic) bond motifs is 1. The second kappa shape index (κ2) is 9.05. The molecule has 2 heterocycles. The quantitative estimate of drug-likeness (QED) is 0.529.